The first-order valence-electron chi connectivity index (χ1n) is 9.83. The van der Waals surface area contributed by atoms with Gasteiger partial charge in [0.2, 0.25) is 5.72 Å². The summed E-state index contributed by atoms with van der Waals surface area (Å²) in [6.45, 7) is 6.38. The van der Waals surface area contributed by atoms with E-state index in [1.807, 2.05) is 25.3 Å². The van der Waals surface area contributed by atoms with Crippen LogP contribution in [0.4, 0.5) is 0 Å². The fraction of sp³-hybridized carbons (Fsp3) is 0.435. The van der Waals surface area contributed by atoms with Crippen molar-refractivity contribution in [2.24, 2.45) is 4.99 Å². The van der Waals surface area contributed by atoms with Crippen LogP contribution < -0.4 is 14.8 Å². The van der Waals surface area contributed by atoms with E-state index in [0.717, 1.165) is 40.6 Å². The molecule has 0 fully saturated rings. The van der Waals surface area contributed by atoms with Gasteiger partial charge < -0.3 is 19.9 Å². The average molecular weight is 413 g/mol. The van der Waals surface area contributed by atoms with Crippen LogP contribution in [0, 0.1) is 6.92 Å². The van der Waals surface area contributed by atoms with Crippen molar-refractivity contribution in [1.82, 2.24) is 5.32 Å². The Morgan fingerprint density at radius 1 is 1.24 bits per heavy atom. The molecule has 154 valence electrons. The Kier molecular flexibility index (Phi) is 4.93. The number of methoxy groups -OCH3 is 1. The van der Waals surface area contributed by atoms with Crippen LogP contribution in [0.1, 0.15) is 49.3 Å². The minimum absolute atomic E-state index is 0.117. The number of nitrogens with zero attached hydrogens (tertiary/aromatic N) is 1. The van der Waals surface area contributed by atoms with Gasteiger partial charge in [-0.05, 0) is 56.4 Å². The highest BCUT2D eigenvalue weighted by molar-refractivity contribution is 8.13. The monoisotopic (exact) mass is 412 g/mol. The highest BCUT2D eigenvalue weighted by atomic mass is 32.2. The number of thioether (sulfide) groups is 1. The second-order valence-corrected chi connectivity index (χ2v) is 9.35. The van der Waals surface area contributed by atoms with Crippen molar-refractivity contribution < 1.29 is 14.6 Å². The van der Waals surface area contributed by atoms with Crippen LogP contribution in [0.25, 0.3) is 0 Å². The summed E-state index contributed by atoms with van der Waals surface area (Å²) in [4.78, 5) is 4.99. The SMILES string of the molecule is COc1ccc([C@H]2C[C@@]3(CC(C)(C)NC(SC)=N3)Oc3cc(O)cc(C)c32)cc1. The van der Waals surface area contributed by atoms with Gasteiger partial charge in [0.15, 0.2) is 5.17 Å². The van der Waals surface area contributed by atoms with E-state index < -0.39 is 5.72 Å². The Bertz CT molecular complexity index is 955. The standard InChI is InChI=1S/C23H28N2O3S/c1-14-10-16(26)11-19-20(14)18(15-6-8-17(27-4)9-7-15)12-23(28-19)13-22(2,3)24-21(25-23)29-5/h6-11,18,26H,12-13H2,1-5H3,(H,24,25)/t18-,23+/m1/s1. The zero-order valence-corrected chi connectivity index (χ0v) is 18.4. The fourth-order valence-corrected chi connectivity index (χ4v) is 5.25. The average Bonchev–Trinajstić information content (AvgIpc) is 2.65. The summed E-state index contributed by atoms with van der Waals surface area (Å²) < 4.78 is 11.9. The molecule has 5 nitrogen and oxygen atoms in total. The second kappa shape index (κ2) is 7.17. The van der Waals surface area contributed by atoms with Crippen molar-refractivity contribution in [3.05, 3.63) is 53.1 Å². The number of amidine groups is 1. The van der Waals surface area contributed by atoms with E-state index in [0.29, 0.717) is 0 Å². The van der Waals surface area contributed by atoms with Gasteiger partial charge in [-0.2, -0.15) is 0 Å². The number of ether oxygens (including phenoxy) is 2. The van der Waals surface area contributed by atoms with Crippen molar-refractivity contribution in [2.45, 2.75) is 50.8 Å². The maximum atomic E-state index is 10.2. The van der Waals surface area contributed by atoms with Gasteiger partial charge in [-0.1, -0.05) is 23.9 Å². The summed E-state index contributed by atoms with van der Waals surface area (Å²) in [6, 6.07) is 11.8. The number of fused-ring (bicyclic) bond motifs is 1. The van der Waals surface area contributed by atoms with Crippen LogP contribution in [0.2, 0.25) is 0 Å². The predicted octanol–water partition coefficient (Wildman–Crippen LogP) is 4.81. The van der Waals surface area contributed by atoms with Gasteiger partial charge in [0, 0.05) is 35.9 Å². The number of benzene rings is 2. The van der Waals surface area contributed by atoms with Crippen molar-refractivity contribution >= 4 is 16.9 Å². The zero-order valence-electron chi connectivity index (χ0n) is 17.6. The van der Waals surface area contributed by atoms with Gasteiger partial charge in [0.05, 0.1) is 7.11 Å². The highest BCUT2D eigenvalue weighted by Gasteiger charge is 2.48. The van der Waals surface area contributed by atoms with E-state index in [-0.39, 0.29) is 17.2 Å². The molecule has 2 heterocycles. The predicted molar refractivity (Wildman–Crippen MR) is 118 cm³/mol. The Balaban J connectivity index is 1.86. The molecule has 0 saturated carbocycles. The van der Waals surface area contributed by atoms with E-state index in [2.05, 4.69) is 31.3 Å². The lowest BCUT2D eigenvalue weighted by molar-refractivity contribution is 0.0132. The topological polar surface area (TPSA) is 63.1 Å². The molecule has 2 aliphatic rings. The van der Waals surface area contributed by atoms with Gasteiger partial charge in [-0.25, -0.2) is 4.99 Å². The molecule has 4 rings (SSSR count). The van der Waals surface area contributed by atoms with E-state index in [1.54, 1.807) is 31.0 Å². The molecule has 2 aromatic rings. The van der Waals surface area contributed by atoms with Crippen LogP contribution in [-0.2, 0) is 0 Å². The molecule has 29 heavy (non-hydrogen) atoms. The normalized spacial score (nSPS) is 24.9. The number of aromatic hydroxyl groups is 1. The minimum Gasteiger partial charge on any atom is -0.508 e. The number of aryl methyl sites for hydroxylation is 1. The molecule has 2 aromatic carbocycles. The summed E-state index contributed by atoms with van der Waals surface area (Å²) in [5.74, 6) is 1.89. The number of nitrogens with one attached hydrogen (secondary N) is 1. The Hall–Kier alpha value is -2.34. The first kappa shape index (κ1) is 20.0. The maximum absolute atomic E-state index is 10.2. The third kappa shape index (κ3) is 3.78. The largest absolute Gasteiger partial charge is 0.508 e. The number of hydrogen-bond donors (Lipinski definition) is 2. The van der Waals surface area contributed by atoms with Gasteiger partial charge in [0.25, 0.3) is 0 Å². The summed E-state index contributed by atoms with van der Waals surface area (Å²) in [7, 11) is 1.68. The Morgan fingerprint density at radius 2 is 1.97 bits per heavy atom. The van der Waals surface area contributed by atoms with Crippen LogP contribution >= 0.6 is 11.8 Å². The lowest BCUT2D eigenvalue weighted by atomic mass is 9.76. The van der Waals surface area contributed by atoms with E-state index >= 15 is 0 Å². The molecule has 0 radical (unpaired) electrons. The van der Waals surface area contributed by atoms with Crippen LogP contribution in [0.5, 0.6) is 17.2 Å². The molecule has 2 atom stereocenters. The number of hydrogen-bond acceptors (Lipinski definition) is 6. The molecular formula is C23H28N2O3S. The number of rotatable bonds is 2. The van der Waals surface area contributed by atoms with Gasteiger partial charge in [-0.3, -0.25) is 0 Å². The van der Waals surface area contributed by atoms with Gasteiger partial charge in [0.1, 0.15) is 17.2 Å². The smallest absolute Gasteiger partial charge is 0.206 e. The molecule has 0 aliphatic carbocycles. The lowest BCUT2D eigenvalue weighted by Gasteiger charge is -2.47. The maximum Gasteiger partial charge on any atom is 0.206 e. The van der Waals surface area contributed by atoms with E-state index in [9.17, 15) is 5.11 Å². The third-order valence-electron chi connectivity index (χ3n) is 5.69. The molecule has 0 unspecified atom stereocenters. The number of aliphatic imine (C=N–C) groups is 1. The molecule has 0 aromatic heterocycles. The molecule has 1 spiro atoms. The zero-order chi connectivity index (χ0) is 20.8. The molecule has 0 saturated heterocycles. The molecule has 6 heteroatoms. The van der Waals surface area contributed by atoms with Crippen LogP contribution in [0.3, 0.4) is 0 Å². The van der Waals surface area contributed by atoms with E-state index in [1.165, 1.54) is 5.56 Å². The number of phenolic OH excluding ortho intramolecular Hbond substituents is 1. The first-order chi connectivity index (χ1) is 13.7. The summed E-state index contributed by atoms with van der Waals surface area (Å²) in [5.41, 5.74) is 2.52. The van der Waals surface area contributed by atoms with Crippen LogP contribution in [-0.4, -0.2) is 34.9 Å². The van der Waals surface area contributed by atoms with E-state index in [4.69, 9.17) is 14.5 Å². The van der Waals surface area contributed by atoms with Crippen molar-refractivity contribution in [1.29, 1.82) is 0 Å². The quantitative estimate of drug-likeness (QED) is 0.741. The Labute approximate surface area is 176 Å². The number of phenols is 1. The minimum atomic E-state index is -0.676. The first-order valence-corrected chi connectivity index (χ1v) is 11.1. The molecular weight excluding hydrogens is 384 g/mol. The van der Waals surface area contributed by atoms with Crippen molar-refractivity contribution in [3.8, 4) is 17.2 Å². The van der Waals surface area contributed by atoms with Crippen molar-refractivity contribution in [3.63, 3.8) is 0 Å². The van der Waals surface area contributed by atoms with Gasteiger partial charge in [-0.15, -0.1) is 0 Å². The van der Waals surface area contributed by atoms with Gasteiger partial charge >= 0.3 is 0 Å². The third-order valence-corrected chi connectivity index (χ3v) is 6.27. The van der Waals surface area contributed by atoms with Crippen LogP contribution in [0.15, 0.2) is 41.4 Å². The summed E-state index contributed by atoms with van der Waals surface area (Å²) in [5, 5.41) is 14.6. The molecule has 2 aliphatic heterocycles. The summed E-state index contributed by atoms with van der Waals surface area (Å²) in [6.07, 6.45) is 3.51. The lowest BCUT2D eigenvalue weighted by Crippen LogP contribution is -2.56. The summed E-state index contributed by atoms with van der Waals surface area (Å²) >= 11 is 1.60. The molecule has 0 amide bonds. The fourth-order valence-electron chi connectivity index (χ4n) is 4.62. The highest BCUT2D eigenvalue weighted by Crippen LogP contribution is 2.50. The molecule has 2 N–H and O–H groups in total. The van der Waals surface area contributed by atoms with Crippen molar-refractivity contribution in [2.75, 3.05) is 13.4 Å². The molecule has 0 bridgehead atoms. The second-order valence-electron chi connectivity index (χ2n) is 8.56. The Morgan fingerprint density at radius 3 is 2.62 bits per heavy atom.